The third kappa shape index (κ3) is 4.18. The molecule has 0 spiro atoms. The molecule has 1 amide bonds. The highest BCUT2D eigenvalue weighted by molar-refractivity contribution is 5.77. The first-order chi connectivity index (χ1) is 11.8. The van der Waals surface area contributed by atoms with E-state index in [1.54, 1.807) is 7.11 Å². The summed E-state index contributed by atoms with van der Waals surface area (Å²) in [6, 6.07) is 10.2. The first kappa shape index (κ1) is 16.6. The molecular formula is C17H22N4O3. The summed E-state index contributed by atoms with van der Waals surface area (Å²) in [6.07, 6.45) is 2.33. The van der Waals surface area contributed by atoms with Gasteiger partial charge in [-0.2, -0.15) is 0 Å². The lowest BCUT2D eigenvalue weighted by Gasteiger charge is -2.38. The Kier molecular flexibility index (Phi) is 5.55. The van der Waals surface area contributed by atoms with Gasteiger partial charge in [0.1, 0.15) is 5.69 Å². The van der Waals surface area contributed by atoms with Crippen LogP contribution >= 0.6 is 0 Å². The minimum absolute atomic E-state index is 0.125. The number of carbonyl (C=O) groups is 1. The van der Waals surface area contributed by atoms with Gasteiger partial charge < -0.3 is 14.4 Å². The van der Waals surface area contributed by atoms with Gasteiger partial charge in [0.05, 0.1) is 38.5 Å². The lowest BCUT2D eigenvalue weighted by Crippen LogP contribution is -2.51. The van der Waals surface area contributed by atoms with Crippen molar-refractivity contribution in [2.45, 2.75) is 25.7 Å². The molecule has 0 bridgehead atoms. The van der Waals surface area contributed by atoms with Crippen molar-refractivity contribution in [3.63, 3.8) is 0 Å². The van der Waals surface area contributed by atoms with Crippen LogP contribution in [0.25, 0.3) is 0 Å². The number of carbonyl (C=O) groups excluding carboxylic acids is 1. The average molecular weight is 330 g/mol. The minimum Gasteiger partial charge on any atom is -0.384 e. The predicted molar refractivity (Wildman–Crippen MR) is 87.1 cm³/mol. The van der Waals surface area contributed by atoms with E-state index in [1.807, 2.05) is 46.1 Å². The summed E-state index contributed by atoms with van der Waals surface area (Å²) in [4.78, 5) is 13.6. The van der Waals surface area contributed by atoms with Crippen LogP contribution in [0.1, 0.15) is 23.7 Å². The summed E-state index contributed by atoms with van der Waals surface area (Å²) in [7, 11) is 1.60. The Hall–Kier alpha value is -2.25. The highest BCUT2D eigenvalue weighted by Gasteiger charge is 2.32. The topological polar surface area (TPSA) is 69.5 Å². The largest absolute Gasteiger partial charge is 0.384 e. The van der Waals surface area contributed by atoms with Gasteiger partial charge in [-0.15, -0.1) is 5.10 Å². The van der Waals surface area contributed by atoms with Gasteiger partial charge in [-0.3, -0.25) is 4.79 Å². The van der Waals surface area contributed by atoms with Crippen LogP contribution in [0.15, 0.2) is 36.5 Å². The molecule has 1 aromatic heterocycles. The molecule has 1 aliphatic rings. The van der Waals surface area contributed by atoms with Crippen LogP contribution in [0.4, 0.5) is 0 Å². The Bertz CT molecular complexity index is 653. The number of ether oxygens (including phenoxy) is 2. The normalized spacial score (nSPS) is 14.6. The molecule has 0 atom stereocenters. The molecule has 0 N–H and O–H groups in total. The third-order valence-electron chi connectivity index (χ3n) is 4.03. The second kappa shape index (κ2) is 8.03. The maximum atomic E-state index is 11.8. The number of hydrogen-bond donors (Lipinski definition) is 0. The maximum absolute atomic E-state index is 11.8. The fourth-order valence-electron chi connectivity index (χ4n) is 2.58. The van der Waals surface area contributed by atoms with Crippen molar-refractivity contribution in [2.24, 2.45) is 0 Å². The van der Waals surface area contributed by atoms with Crippen molar-refractivity contribution in [1.29, 1.82) is 0 Å². The monoisotopic (exact) mass is 330 g/mol. The highest BCUT2D eigenvalue weighted by atomic mass is 16.5. The Labute approximate surface area is 141 Å². The van der Waals surface area contributed by atoms with Gasteiger partial charge in [0.2, 0.25) is 5.91 Å². The number of rotatable bonds is 8. The number of nitrogens with zero attached hydrogens (tertiary/aromatic N) is 4. The Balaban J connectivity index is 1.41. The van der Waals surface area contributed by atoms with E-state index < -0.39 is 0 Å². The molecule has 1 saturated heterocycles. The van der Waals surface area contributed by atoms with E-state index >= 15 is 0 Å². The fraction of sp³-hybridized carbons (Fsp3) is 0.471. The molecule has 1 fully saturated rings. The molecule has 3 rings (SSSR count). The van der Waals surface area contributed by atoms with Crippen molar-refractivity contribution in [3.05, 3.63) is 47.8 Å². The average Bonchev–Trinajstić information content (AvgIpc) is 3.01. The smallest absolute Gasteiger partial charge is 0.225 e. The quantitative estimate of drug-likeness (QED) is 0.732. The van der Waals surface area contributed by atoms with Crippen molar-refractivity contribution < 1.29 is 14.3 Å². The van der Waals surface area contributed by atoms with Gasteiger partial charge in [-0.05, 0) is 5.56 Å². The van der Waals surface area contributed by atoms with Crippen molar-refractivity contribution in [3.8, 4) is 0 Å². The Morgan fingerprint density at radius 3 is 2.79 bits per heavy atom. The minimum atomic E-state index is 0.125. The van der Waals surface area contributed by atoms with E-state index in [-0.39, 0.29) is 11.9 Å². The molecule has 128 valence electrons. The molecule has 0 unspecified atom stereocenters. The molecule has 2 heterocycles. The number of methoxy groups -OCH3 is 1. The molecule has 0 aliphatic carbocycles. The number of amides is 1. The fourth-order valence-corrected chi connectivity index (χ4v) is 2.58. The first-order valence-corrected chi connectivity index (χ1v) is 8.05. The number of hydrogen-bond acceptors (Lipinski definition) is 5. The molecular weight excluding hydrogens is 308 g/mol. The molecule has 7 heteroatoms. The summed E-state index contributed by atoms with van der Waals surface area (Å²) in [6.45, 7) is 2.80. The van der Waals surface area contributed by atoms with Crippen LogP contribution in [-0.2, 0) is 27.5 Å². The Morgan fingerprint density at radius 1 is 1.25 bits per heavy atom. The van der Waals surface area contributed by atoms with Gasteiger partial charge in [-0.1, -0.05) is 35.5 Å². The summed E-state index contributed by atoms with van der Waals surface area (Å²) in [5.74, 6) is 0.125. The van der Waals surface area contributed by atoms with Crippen molar-refractivity contribution >= 4 is 5.91 Å². The van der Waals surface area contributed by atoms with Crippen molar-refractivity contribution in [1.82, 2.24) is 19.9 Å². The summed E-state index contributed by atoms with van der Waals surface area (Å²) >= 11 is 0. The molecule has 0 radical (unpaired) electrons. The van der Waals surface area contributed by atoms with Gasteiger partial charge in [0.15, 0.2) is 0 Å². The zero-order chi connectivity index (χ0) is 16.8. The van der Waals surface area contributed by atoms with Crippen molar-refractivity contribution in [2.75, 3.05) is 26.8 Å². The zero-order valence-electron chi connectivity index (χ0n) is 13.8. The van der Waals surface area contributed by atoms with Crippen LogP contribution in [0.5, 0.6) is 0 Å². The molecule has 1 aliphatic heterocycles. The van der Waals surface area contributed by atoms with Gasteiger partial charge in [-0.25, -0.2) is 4.68 Å². The first-order valence-electron chi connectivity index (χ1n) is 8.05. The molecule has 2 aromatic rings. The van der Waals surface area contributed by atoms with E-state index in [0.29, 0.717) is 39.3 Å². The predicted octanol–water partition coefficient (Wildman–Crippen LogP) is 1.41. The lowest BCUT2D eigenvalue weighted by molar-refractivity contribution is -0.138. The lowest BCUT2D eigenvalue weighted by atomic mass is 10.1. The van der Waals surface area contributed by atoms with E-state index in [4.69, 9.17) is 9.47 Å². The van der Waals surface area contributed by atoms with Gasteiger partial charge >= 0.3 is 0 Å². The van der Waals surface area contributed by atoms with Gasteiger partial charge in [0.25, 0.3) is 0 Å². The number of benzene rings is 1. The molecule has 1 aromatic carbocycles. The second-order valence-corrected chi connectivity index (χ2v) is 5.86. The molecule has 0 saturated carbocycles. The van der Waals surface area contributed by atoms with Crippen LogP contribution in [0.2, 0.25) is 0 Å². The molecule has 7 nitrogen and oxygen atoms in total. The van der Waals surface area contributed by atoms with E-state index in [9.17, 15) is 4.79 Å². The second-order valence-electron chi connectivity index (χ2n) is 5.86. The van der Waals surface area contributed by atoms with Gasteiger partial charge in [0, 0.05) is 20.2 Å². The standard InChI is InChI=1S/C17H22N4O3/c1-23-8-7-17(22)20-10-16(11-20)21-9-15(18-19-21)13-24-12-14-5-3-2-4-6-14/h2-6,9,16H,7-8,10-13H2,1H3. The van der Waals surface area contributed by atoms with Crippen LogP contribution in [0.3, 0.4) is 0 Å². The van der Waals surface area contributed by atoms with Crippen LogP contribution < -0.4 is 0 Å². The van der Waals surface area contributed by atoms with E-state index in [0.717, 1.165) is 11.3 Å². The maximum Gasteiger partial charge on any atom is 0.225 e. The number of aromatic nitrogens is 3. The third-order valence-corrected chi connectivity index (χ3v) is 4.03. The SMILES string of the molecule is COCCC(=O)N1CC(n2cc(COCc3ccccc3)nn2)C1. The summed E-state index contributed by atoms with van der Waals surface area (Å²) < 4.78 is 12.4. The summed E-state index contributed by atoms with van der Waals surface area (Å²) in [5.41, 5.74) is 1.93. The molecule has 24 heavy (non-hydrogen) atoms. The summed E-state index contributed by atoms with van der Waals surface area (Å²) in [5, 5.41) is 8.28. The van der Waals surface area contributed by atoms with Crippen LogP contribution in [0, 0.1) is 0 Å². The zero-order valence-corrected chi connectivity index (χ0v) is 13.8. The number of likely N-dealkylation sites (tertiary alicyclic amines) is 1. The van der Waals surface area contributed by atoms with E-state index in [1.165, 1.54) is 0 Å². The Morgan fingerprint density at radius 2 is 2.04 bits per heavy atom. The highest BCUT2D eigenvalue weighted by Crippen LogP contribution is 2.21. The van der Waals surface area contributed by atoms with Crippen LogP contribution in [-0.4, -0.2) is 52.6 Å². The van der Waals surface area contributed by atoms with E-state index in [2.05, 4.69) is 10.3 Å².